The second-order valence-electron chi connectivity index (χ2n) is 4.81. The van der Waals surface area contributed by atoms with Crippen LogP contribution in [-0.2, 0) is 4.79 Å². The molecule has 0 bridgehead atoms. The quantitative estimate of drug-likeness (QED) is 0.681. The van der Waals surface area contributed by atoms with Crippen LogP contribution in [0.2, 0.25) is 0 Å². The van der Waals surface area contributed by atoms with Crippen molar-refractivity contribution in [3.05, 3.63) is 0 Å². The highest BCUT2D eigenvalue weighted by Gasteiger charge is 2.40. The lowest BCUT2D eigenvalue weighted by Crippen LogP contribution is -2.42. The smallest absolute Gasteiger partial charge is 0.228 e. The molecule has 1 aliphatic rings. The molecule has 0 aromatic carbocycles. The van der Waals surface area contributed by atoms with Crippen LogP contribution in [0.25, 0.3) is 0 Å². The maximum Gasteiger partial charge on any atom is 0.228 e. The predicted octanol–water partition coefficient (Wildman–Crippen LogP) is 3.04. The summed E-state index contributed by atoms with van der Waals surface area (Å²) in [4.78, 5) is 14.1. The second kappa shape index (κ2) is 5.20. The van der Waals surface area contributed by atoms with E-state index in [0.29, 0.717) is 12.5 Å². The van der Waals surface area contributed by atoms with Crippen molar-refractivity contribution >= 4 is 17.5 Å². The average Bonchev–Trinajstić information content (AvgIpc) is 2.65. The molecule has 15 heavy (non-hydrogen) atoms. The molecule has 1 amide bonds. The molecule has 0 saturated heterocycles. The van der Waals surface area contributed by atoms with E-state index >= 15 is 0 Å². The van der Waals surface area contributed by atoms with Crippen LogP contribution in [-0.4, -0.2) is 29.8 Å². The first-order valence-corrected chi connectivity index (χ1v) is 6.35. The van der Waals surface area contributed by atoms with Crippen LogP contribution >= 0.6 is 11.6 Å². The van der Waals surface area contributed by atoms with Crippen molar-refractivity contribution in [2.75, 3.05) is 13.6 Å². The molecular formula is C12H22ClNO. The summed E-state index contributed by atoms with van der Waals surface area (Å²) in [7, 11) is 1.87. The maximum absolute atomic E-state index is 12.3. The fourth-order valence-corrected chi connectivity index (χ4v) is 2.84. The fraction of sp³-hybridized carbons (Fsp3) is 0.917. The van der Waals surface area contributed by atoms with E-state index in [9.17, 15) is 4.79 Å². The Morgan fingerprint density at radius 3 is 2.40 bits per heavy atom. The van der Waals surface area contributed by atoms with Crippen LogP contribution < -0.4 is 0 Å². The van der Waals surface area contributed by atoms with E-state index in [1.807, 2.05) is 18.9 Å². The third kappa shape index (κ3) is 2.87. The molecule has 0 heterocycles. The number of amides is 1. The van der Waals surface area contributed by atoms with Gasteiger partial charge in [0.15, 0.2) is 0 Å². The van der Waals surface area contributed by atoms with Crippen molar-refractivity contribution in [2.45, 2.75) is 51.3 Å². The van der Waals surface area contributed by atoms with Gasteiger partial charge in [-0.05, 0) is 26.2 Å². The molecule has 2 nitrogen and oxygen atoms in total. The molecule has 88 valence electrons. The topological polar surface area (TPSA) is 20.3 Å². The summed E-state index contributed by atoms with van der Waals surface area (Å²) in [6.07, 6.45) is 5.48. The summed E-state index contributed by atoms with van der Waals surface area (Å²) >= 11 is 5.92. The van der Waals surface area contributed by atoms with Gasteiger partial charge in [-0.2, -0.15) is 0 Å². The van der Waals surface area contributed by atoms with E-state index < -0.39 is 0 Å². The van der Waals surface area contributed by atoms with Gasteiger partial charge in [0.1, 0.15) is 0 Å². The van der Waals surface area contributed by atoms with Gasteiger partial charge in [0.05, 0.1) is 0 Å². The van der Waals surface area contributed by atoms with Gasteiger partial charge in [0, 0.05) is 24.4 Å². The lowest BCUT2D eigenvalue weighted by molar-refractivity contribution is -0.140. The van der Waals surface area contributed by atoms with Crippen LogP contribution in [0.5, 0.6) is 0 Å². The van der Waals surface area contributed by atoms with E-state index in [1.54, 1.807) is 0 Å². The monoisotopic (exact) mass is 231 g/mol. The summed E-state index contributed by atoms with van der Waals surface area (Å²) in [5.74, 6) is 0.301. The van der Waals surface area contributed by atoms with Gasteiger partial charge < -0.3 is 4.90 Å². The molecule has 0 aromatic rings. The van der Waals surface area contributed by atoms with Gasteiger partial charge in [-0.15, -0.1) is 11.6 Å². The standard InChI is InChI=1S/C12H22ClNO/c1-4-12(7-5-6-8-12)11(15)14(3)9-10(2)13/h10H,4-9H2,1-3H3. The summed E-state index contributed by atoms with van der Waals surface area (Å²) in [6, 6.07) is 0. The number of hydrogen-bond donors (Lipinski definition) is 0. The summed E-state index contributed by atoms with van der Waals surface area (Å²) in [6.45, 7) is 4.71. The van der Waals surface area contributed by atoms with Gasteiger partial charge in [-0.25, -0.2) is 0 Å². The molecule has 1 aliphatic carbocycles. The number of halogens is 1. The zero-order valence-corrected chi connectivity index (χ0v) is 10.8. The van der Waals surface area contributed by atoms with Crippen LogP contribution in [0.3, 0.4) is 0 Å². The number of carbonyl (C=O) groups excluding carboxylic acids is 1. The summed E-state index contributed by atoms with van der Waals surface area (Å²) in [5.41, 5.74) is -0.0689. The Morgan fingerprint density at radius 2 is 2.00 bits per heavy atom. The molecule has 0 aromatic heterocycles. The summed E-state index contributed by atoms with van der Waals surface area (Å²) in [5, 5.41) is 0.0364. The number of alkyl halides is 1. The minimum Gasteiger partial charge on any atom is -0.344 e. The van der Waals surface area contributed by atoms with Crippen LogP contribution in [0, 0.1) is 5.41 Å². The maximum atomic E-state index is 12.3. The minimum atomic E-state index is -0.0689. The Balaban J connectivity index is 2.64. The van der Waals surface area contributed by atoms with E-state index in [1.165, 1.54) is 12.8 Å². The number of carbonyl (C=O) groups is 1. The van der Waals surface area contributed by atoms with Gasteiger partial charge in [0.2, 0.25) is 5.91 Å². The van der Waals surface area contributed by atoms with Crippen molar-refractivity contribution < 1.29 is 4.79 Å². The average molecular weight is 232 g/mol. The van der Waals surface area contributed by atoms with Gasteiger partial charge in [-0.3, -0.25) is 4.79 Å². The second-order valence-corrected chi connectivity index (χ2v) is 5.55. The molecule has 3 heteroatoms. The van der Waals surface area contributed by atoms with Crippen molar-refractivity contribution in [2.24, 2.45) is 5.41 Å². The van der Waals surface area contributed by atoms with E-state index in [2.05, 4.69) is 6.92 Å². The highest BCUT2D eigenvalue weighted by atomic mass is 35.5. The molecule has 0 spiro atoms. The summed E-state index contributed by atoms with van der Waals surface area (Å²) < 4.78 is 0. The Labute approximate surface area is 98.0 Å². The van der Waals surface area contributed by atoms with Crippen molar-refractivity contribution in [3.8, 4) is 0 Å². The molecule has 0 N–H and O–H groups in total. The van der Waals surface area contributed by atoms with Crippen LogP contribution in [0.4, 0.5) is 0 Å². The van der Waals surface area contributed by atoms with Crippen LogP contribution in [0.15, 0.2) is 0 Å². The van der Waals surface area contributed by atoms with E-state index in [4.69, 9.17) is 11.6 Å². The Hall–Kier alpha value is -0.240. The normalized spacial score (nSPS) is 21.3. The fourth-order valence-electron chi connectivity index (χ4n) is 2.64. The molecule has 1 fully saturated rings. The third-order valence-corrected chi connectivity index (χ3v) is 3.70. The highest BCUT2D eigenvalue weighted by molar-refractivity contribution is 6.20. The molecule has 0 aliphatic heterocycles. The molecule has 1 saturated carbocycles. The zero-order valence-electron chi connectivity index (χ0n) is 10.1. The largest absolute Gasteiger partial charge is 0.344 e. The predicted molar refractivity (Wildman–Crippen MR) is 64.1 cm³/mol. The molecular weight excluding hydrogens is 210 g/mol. The number of rotatable bonds is 4. The lowest BCUT2D eigenvalue weighted by Gasteiger charge is -2.32. The molecule has 1 unspecified atom stereocenters. The first-order chi connectivity index (χ1) is 7.02. The Bertz CT molecular complexity index is 222. The lowest BCUT2D eigenvalue weighted by atomic mass is 9.82. The zero-order chi connectivity index (χ0) is 11.5. The number of hydrogen-bond acceptors (Lipinski definition) is 1. The van der Waals surface area contributed by atoms with Crippen molar-refractivity contribution in [1.29, 1.82) is 0 Å². The third-order valence-electron chi connectivity index (χ3n) is 3.56. The van der Waals surface area contributed by atoms with Crippen molar-refractivity contribution in [3.63, 3.8) is 0 Å². The van der Waals surface area contributed by atoms with Gasteiger partial charge >= 0.3 is 0 Å². The SMILES string of the molecule is CCC1(C(=O)N(C)CC(C)Cl)CCCC1. The molecule has 1 atom stereocenters. The minimum absolute atomic E-state index is 0.0364. The molecule has 1 rings (SSSR count). The van der Waals surface area contributed by atoms with Crippen molar-refractivity contribution in [1.82, 2.24) is 4.90 Å². The first kappa shape index (κ1) is 12.8. The highest BCUT2D eigenvalue weighted by Crippen LogP contribution is 2.42. The van der Waals surface area contributed by atoms with E-state index in [-0.39, 0.29) is 10.8 Å². The van der Waals surface area contributed by atoms with E-state index in [0.717, 1.165) is 19.3 Å². The van der Waals surface area contributed by atoms with Gasteiger partial charge in [0.25, 0.3) is 0 Å². The number of nitrogens with zero attached hydrogens (tertiary/aromatic N) is 1. The first-order valence-electron chi connectivity index (χ1n) is 5.91. The Morgan fingerprint density at radius 1 is 1.47 bits per heavy atom. The molecule has 0 radical (unpaired) electrons. The Kier molecular flexibility index (Phi) is 4.45. The van der Waals surface area contributed by atoms with Crippen LogP contribution in [0.1, 0.15) is 46.0 Å². The van der Waals surface area contributed by atoms with Gasteiger partial charge in [-0.1, -0.05) is 19.8 Å².